The van der Waals surface area contributed by atoms with E-state index < -0.39 is 5.91 Å². The van der Waals surface area contributed by atoms with Gasteiger partial charge in [0.25, 0.3) is 0 Å². The van der Waals surface area contributed by atoms with Crippen molar-refractivity contribution >= 4 is 11.8 Å². The molecular formula is C9H16N2O2. The number of rotatable bonds is 5. The van der Waals surface area contributed by atoms with Gasteiger partial charge in [-0.2, -0.15) is 0 Å². The van der Waals surface area contributed by atoms with Crippen LogP contribution >= 0.6 is 0 Å². The zero-order valence-electron chi connectivity index (χ0n) is 8.12. The average molecular weight is 184 g/mol. The van der Waals surface area contributed by atoms with Crippen molar-refractivity contribution in [2.45, 2.75) is 32.7 Å². The molecule has 0 aromatic heterocycles. The number of nitrogens with zero attached hydrogens (tertiary/aromatic N) is 1. The predicted molar refractivity (Wildman–Crippen MR) is 50.6 cm³/mol. The first-order valence-corrected chi connectivity index (χ1v) is 4.21. The standard InChI is InChI=1S/C9H16N2O2/c1-4-11(7(2)3)9(13)6-5-8(10)12/h4,7H,1,5-6H2,2-3H3,(H2,10,12). The molecule has 0 aromatic carbocycles. The second-order valence-corrected chi connectivity index (χ2v) is 3.04. The molecule has 0 heterocycles. The SMILES string of the molecule is C=CN(C(=O)CCC(N)=O)C(C)C. The molecule has 13 heavy (non-hydrogen) atoms. The molecule has 0 unspecified atom stereocenters. The molecule has 0 aliphatic heterocycles. The van der Waals surface area contributed by atoms with E-state index in [4.69, 9.17) is 5.73 Å². The first-order chi connectivity index (χ1) is 5.99. The third kappa shape index (κ3) is 4.30. The van der Waals surface area contributed by atoms with Crippen LogP contribution in [0.25, 0.3) is 0 Å². The Balaban J connectivity index is 4.07. The summed E-state index contributed by atoms with van der Waals surface area (Å²) < 4.78 is 0. The maximum Gasteiger partial charge on any atom is 0.227 e. The van der Waals surface area contributed by atoms with Crippen molar-refractivity contribution < 1.29 is 9.59 Å². The second kappa shape index (κ2) is 5.35. The Bertz CT molecular complexity index is 212. The molecule has 0 rings (SSSR count). The van der Waals surface area contributed by atoms with Gasteiger partial charge in [0.15, 0.2) is 0 Å². The highest BCUT2D eigenvalue weighted by Crippen LogP contribution is 2.03. The summed E-state index contributed by atoms with van der Waals surface area (Å²) in [6, 6.07) is 0.0675. The lowest BCUT2D eigenvalue weighted by atomic mass is 10.2. The molecule has 0 aromatic rings. The summed E-state index contributed by atoms with van der Waals surface area (Å²) in [7, 11) is 0. The van der Waals surface area contributed by atoms with Gasteiger partial charge in [0, 0.05) is 18.9 Å². The van der Waals surface area contributed by atoms with Crippen molar-refractivity contribution in [3.8, 4) is 0 Å². The maximum atomic E-state index is 11.4. The van der Waals surface area contributed by atoms with Crippen LogP contribution in [0.5, 0.6) is 0 Å². The zero-order chi connectivity index (χ0) is 10.4. The molecule has 0 bridgehead atoms. The maximum absolute atomic E-state index is 11.4. The lowest BCUT2D eigenvalue weighted by Gasteiger charge is -2.21. The Morgan fingerprint density at radius 3 is 2.31 bits per heavy atom. The van der Waals surface area contributed by atoms with Crippen LogP contribution in [-0.2, 0) is 9.59 Å². The fraction of sp³-hybridized carbons (Fsp3) is 0.556. The van der Waals surface area contributed by atoms with Gasteiger partial charge < -0.3 is 10.6 Å². The molecule has 0 aliphatic carbocycles. The molecule has 4 heteroatoms. The Morgan fingerprint density at radius 1 is 1.46 bits per heavy atom. The molecule has 0 spiro atoms. The van der Waals surface area contributed by atoms with Crippen LogP contribution in [0.3, 0.4) is 0 Å². The van der Waals surface area contributed by atoms with Crippen LogP contribution in [0.15, 0.2) is 12.8 Å². The largest absolute Gasteiger partial charge is 0.370 e. The highest BCUT2D eigenvalue weighted by molar-refractivity contribution is 5.83. The van der Waals surface area contributed by atoms with E-state index in [1.54, 1.807) is 0 Å². The van der Waals surface area contributed by atoms with E-state index in [1.165, 1.54) is 11.1 Å². The van der Waals surface area contributed by atoms with E-state index in [9.17, 15) is 9.59 Å². The molecule has 74 valence electrons. The highest BCUT2D eigenvalue weighted by atomic mass is 16.2. The average Bonchev–Trinajstić information content (AvgIpc) is 2.01. The van der Waals surface area contributed by atoms with E-state index in [2.05, 4.69) is 6.58 Å². The van der Waals surface area contributed by atoms with E-state index >= 15 is 0 Å². The van der Waals surface area contributed by atoms with E-state index in [0.717, 1.165) is 0 Å². The summed E-state index contributed by atoms with van der Waals surface area (Å²) in [5.74, 6) is -0.579. The van der Waals surface area contributed by atoms with Gasteiger partial charge >= 0.3 is 0 Å². The van der Waals surface area contributed by atoms with Gasteiger partial charge in [-0.1, -0.05) is 6.58 Å². The summed E-state index contributed by atoms with van der Waals surface area (Å²) in [5.41, 5.74) is 4.92. The molecule has 0 atom stereocenters. The van der Waals surface area contributed by atoms with Gasteiger partial charge in [-0.25, -0.2) is 0 Å². The number of nitrogens with two attached hydrogens (primary N) is 1. The van der Waals surface area contributed by atoms with Crippen molar-refractivity contribution in [2.75, 3.05) is 0 Å². The van der Waals surface area contributed by atoms with Crippen molar-refractivity contribution in [3.63, 3.8) is 0 Å². The fourth-order valence-electron chi connectivity index (χ4n) is 0.960. The van der Waals surface area contributed by atoms with Crippen LogP contribution in [0.1, 0.15) is 26.7 Å². The summed E-state index contributed by atoms with van der Waals surface area (Å²) in [6.45, 7) is 7.28. The van der Waals surface area contributed by atoms with E-state index in [0.29, 0.717) is 0 Å². The van der Waals surface area contributed by atoms with Gasteiger partial charge in [-0.15, -0.1) is 0 Å². The van der Waals surface area contributed by atoms with Gasteiger partial charge in [0.05, 0.1) is 0 Å². The smallest absolute Gasteiger partial charge is 0.227 e. The predicted octanol–water partition coefficient (Wildman–Crippen LogP) is 0.632. The summed E-state index contributed by atoms with van der Waals surface area (Å²) in [5, 5.41) is 0. The Labute approximate surface area is 78.4 Å². The van der Waals surface area contributed by atoms with Gasteiger partial charge in [0.1, 0.15) is 0 Å². The Kier molecular flexibility index (Phi) is 4.80. The second-order valence-electron chi connectivity index (χ2n) is 3.04. The third-order valence-electron chi connectivity index (χ3n) is 1.63. The van der Waals surface area contributed by atoms with Crippen LogP contribution in [0.2, 0.25) is 0 Å². The molecule has 0 saturated heterocycles. The number of carbonyl (C=O) groups excluding carboxylic acids is 2. The van der Waals surface area contributed by atoms with Crippen molar-refractivity contribution in [2.24, 2.45) is 5.73 Å². The Hall–Kier alpha value is -1.32. The number of hydrogen-bond donors (Lipinski definition) is 1. The number of carbonyl (C=O) groups is 2. The molecular weight excluding hydrogens is 168 g/mol. The molecule has 4 nitrogen and oxygen atoms in total. The summed E-state index contributed by atoms with van der Waals surface area (Å²) in [4.78, 5) is 23.3. The van der Waals surface area contributed by atoms with Gasteiger partial charge in [-0.3, -0.25) is 9.59 Å². The number of hydrogen-bond acceptors (Lipinski definition) is 2. The topological polar surface area (TPSA) is 63.4 Å². The fourth-order valence-corrected chi connectivity index (χ4v) is 0.960. The Morgan fingerprint density at radius 2 is 2.00 bits per heavy atom. The molecule has 2 N–H and O–H groups in total. The first kappa shape index (κ1) is 11.7. The molecule has 0 aliphatic rings. The minimum Gasteiger partial charge on any atom is -0.370 e. The summed E-state index contributed by atoms with van der Waals surface area (Å²) >= 11 is 0. The minimum atomic E-state index is -0.457. The highest BCUT2D eigenvalue weighted by Gasteiger charge is 2.13. The van der Waals surface area contributed by atoms with E-state index in [1.807, 2.05) is 13.8 Å². The number of amides is 2. The normalized spacial score (nSPS) is 9.77. The minimum absolute atomic E-state index is 0.0675. The quantitative estimate of drug-likeness (QED) is 0.681. The van der Waals surface area contributed by atoms with Crippen molar-refractivity contribution in [1.29, 1.82) is 0 Å². The zero-order valence-corrected chi connectivity index (χ0v) is 8.12. The lowest BCUT2D eigenvalue weighted by molar-refractivity contribution is -0.132. The van der Waals surface area contributed by atoms with Crippen LogP contribution in [0.4, 0.5) is 0 Å². The van der Waals surface area contributed by atoms with Crippen LogP contribution in [0, 0.1) is 0 Å². The summed E-state index contributed by atoms with van der Waals surface area (Å²) in [6.07, 6.45) is 1.71. The van der Waals surface area contributed by atoms with Gasteiger partial charge in [0.2, 0.25) is 11.8 Å². The van der Waals surface area contributed by atoms with Crippen molar-refractivity contribution in [1.82, 2.24) is 4.90 Å². The lowest BCUT2D eigenvalue weighted by Crippen LogP contribution is -2.32. The first-order valence-electron chi connectivity index (χ1n) is 4.21. The molecule has 0 fully saturated rings. The number of primary amides is 1. The van der Waals surface area contributed by atoms with Crippen molar-refractivity contribution in [3.05, 3.63) is 12.8 Å². The molecule has 0 saturated carbocycles. The monoisotopic (exact) mass is 184 g/mol. The molecule has 0 radical (unpaired) electrons. The molecule has 2 amide bonds. The van der Waals surface area contributed by atoms with Crippen LogP contribution < -0.4 is 5.73 Å². The third-order valence-corrected chi connectivity index (χ3v) is 1.63. The van der Waals surface area contributed by atoms with Crippen LogP contribution in [-0.4, -0.2) is 22.8 Å². The van der Waals surface area contributed by atoms with E-state index in [-0.39, 0.29) is 24.8 Å². The van der Waals surface area contributed by atoms with Gasteiger partial charge in [-0.05, 0) is 20.0 Å².